The topological polar surface area (TPSA) is 87.3 Å². The van der Waals surface area contributed by atoms with Gasteiger partial charge in [-0.1, -0.05) is 15.9 Å². The predicted octanol–water partition coefficient (Wildman–Crippen LogP) is 2.78. The number of hydrogen-bond donors (Lipinski definition) is 0. The lowest BCUT2D eigenvalue weighted by Crippen LogP contribution is -2.04. The number of hydrogen-bond acceptors (Lipinski definition) is 5. The number of esters is 1. The van der Waals surface area contributed by atoms with Crippen molar-refractivity contribution in [2.75, 3.05) is 6.61 Å². The van der Waals surface area contributed by atoms with Crippen molar-refractivity contribution in [2.24, 2.45) is 0 Å². The fourth-order valence-corrected chi connectivity index (χ4v) is 2.21. The molecule has 7 nitrogen and oxygen atoms in total. The third-order valence-corrected chi connectivity index (χ3v) is 3.46. The van der Waals surface area contributed by atoms with Crippen LogP contribution in [0.1, 0.15) is 22.8 Å². The van der Waals surface area contributed by atoms with Crippen molar-refractivity contribution in [1.29, 1.82) is 0 Å². The molecule has 0 fully saturated rings. The summed E-state index contributed by atoms with van der Waals surface area (Å²) in [7, 11) is 0. The largest absolute Gasteiger partial charge is 0.462 e. The Kier molecular flexibility index (Phi) is 4.69. The zero-order valence-electron chi connectivity index (χ0n) is 11.2. The molecule has 0 saturated heterocycles. The quantitative estimate of drug-likeness (QED) is 0.468. The Labute approximate surface area is 128 Å². The van der Waals surface area contributed by atoms with Crippen LogP contribution in [0.25, 0.3) is 0 Å². The van der Waals surface area contributed by atoms with Crippen molar-refractivity contribution in [3.8, 4) is 0 Å². The van der Waals surface area contributed by atoms with E-state index in [1.54, 1.807) is 23.9 Å². The Morgan fingerprint density at radius 2 is 2.29 bits per heavy atom. The maximum absolute atomic E-state index is 11.5. The molecule has 0 aliphatic carbocycles. The molecule has 1 heterocycles. The van der Waals surface area contributed by atoms with Crippen LogP contribution in [-0.2, 0) is 11.3 Å². The van der Waals surface area contributed by atoms with Gasteiger partial charge in [-0.15, -0.1) is 0 Å². The lowest BCUT2D eigenvalue weighted by atomic mass is 10.2. The van der Waals surface area contributed by atoms with Gasteiger partial charge in [0.1, 0.15) is 0 Å². The number of carbonyl (C=O) groups is 1. The molecule has 0 aliphatic rings. The van der Waals surface area contributed by atoms with E-state index in [1.165, 1.54) is 18.3 Å². The first-order chi connectivity index (χ1) is 10.0. The average Bonchev–Trinajstić information content (AvgIpc) is 2.90. The van der Waals surface area contributed by atoms with E-state index in [-0.39, 0.29) is 5.69 Å². The lowest BCUT2D eigenvalue weighted by molar-refractivity contribution is -0.384. The first-order valence-electron chi connectivity index (χ1n) is 6.13. The van der Waals surface area contributed by atoms with Gasteiger partial charge in [0, 0.05) is 22.8 Å². The van der Waals surface area contributed by atoms with Gasteiger partial charge in [0.15, 0.2) is 0 Å². The minimum absolute atomic E-state index is 0.0123. The number of nitro benzene ring substituents is 1. The molecule has 0 N–H and O–H groups in total. The molecule has 0 amide bonds. The molecule has 0 saturated carbocycles. The third kappa shape index (κ3) is 3.66. The molecular formula is C13H12BrN3O4. The summed E-state index contributed by atoms with van der Waals surface area (Å²) in [5.74, 6) is -0.425. The van der Waals surface area contributed by atoms with Crippen LogP contribution in [0.5, 0.6) is 0 Å². The van der Waals surface area contributed by atoms with Crippen LogP contribution in [0.4, 0.5) is 5.69 Å². The zero-order valence-corrected chi connectivity index (χ0v) is 12.7. The van der Waals surface area contributed by atoms with E-state index in [1.807, 2.05) is 0 Å². The number of benzene rings is 1. The van der Waals surface area contributed by atoms with Gasteiger partial charge in [0.05, 0.1) is 29.8 Å². The summed E-state index contributed by atoms with van der Waals surface area (Å²) < 4.78 is 7.06. The molecule has 0 atom stereocenters. The lowest BCUT2D eigenvalue weighted by Gasteiger charge is -2.04. The van der Waals surface area contributed by atoms with Crippen molar-refractivity contribution < 1.29 is 14.5 Å². The highest BCUT2D eigenvalue weighted by Crippen LogP contribution is 2.23. The molecular weight excluding hydrogens is 342 g/mol. The van der Waals surface area contributed by atoms with Gasteiger partial charge in [-0.2, -0.15) is 5.10 Å². The number of ether oxygens (including phenoxy) is 1. The summed E-state index contributed by atoms with van der Waals surface area (Å²) in [5, 5.41) is 14.8. The number of carbonyl (C=O) groups excluding carboxylic acids is 1. The van der Waals surface area contributed by atoms with Gasteiger partial charge >= 0.3 is 5.97 Å². The number of rotatable bonds is 5. The number of nitrogens with zero attached hydrogens (tertiary/aromatic N) is 3. The standard InChI is InChI=1S/C13H12BrN3O4/c1-2-21-13(18)10-6-15-16(8-10)7-9-3-4-11(17(19)20)5-12(9)14/h3-6,8H,2,7H2,1H3. The SMILES string of the molecule is CCOC(=O)c1cnn(Cc2ccc([N+](=O)[O-])cc2Br)c1. The highest BCUT2D eigenvalue weighted by molar-refractivity contribution is 9.10. The van der Waals surface area contributed by atoms with Crippen LogP contribution >= 0.6 is 15.9 Å². The molecule has 8 heteroatoms. The molecule has 2 rings (SSSR count). The molecule has 2 aromatic rings. The zero-order chi connectivity index (χ0) is 15.4. The van der Waals surface area contributed by atoms with Crippen LogP contribution in [0.2, 0.25) is 0 Å². The second-order valence-electron chi connectivity index (χ2n) is 4.18. The van der Waals surface area contributed by atoms with Crippen molar-refractivity contribution in [3.05, 3.63) is 56.3 Å². The average molecular weight is 354 g/mol. The van der Waals surface area contributed by atoms with Crippen molar-refractivity contribution in [2.45, 2.75) is 13.5 Å². The second-order valence-corrected chi connectivity index (χ2v) is 5.03. The predicted molar refractivity (Wildman–Crippen MR) is 78.1 cm³/mol. The molecule has 0 unspecified atom stereocenters. The first-order valence-corrected chi connectivity index (χ1v) is 6.93. The van der Waals surface area contributed by atoms with Gasteiger partial charge in [-0.25, -0.2) is 4.79 Å². The molecule has 110 valence electrons. The number of non-ortho nitro benzene ring substituents is 1. The Balaban J connectivity index is 2.15. The highest BCUT2D eigenvalue weighted by atomic mass is 79.9. The van der Waals surface area contributed by atoms with E-state index >= 15 is 0 Å². The summed E-state index contributed by atoms with van der Waals surface area (Å²) in [6.07, 6.45) is 3.00. The van der Waals surface area contributed by atoms with Gasteiger partial charge in [0.2, 0.25) is 0 Å². The van der Waals surface area contributed by atoms with Gasteiger partial charge in [0.25, 0.3) is 5.69 Å². The monoisotopic (exact) mass is 353 g/mol. The molecule has 1 aromatic carbocycles. The fourth-order valence-electron chi connectivity index (χ4n) is 1.72. The van der Waals surface area contributed by atoms with E-state index in [9.17, 15) is 14.9 Å². The van der Waals surface area contributed by atoms with Gasteiger partial charge in [-0.05, 0) is 18.6 Å². The van der Waals surface area contributed by atoms with Crippen LogP contribution in [0, 0.1) is 10.1 Å². The Morgan fingerprint density at radius 3 is 2.90 bits per heavy atom. The molecule has 21 heavy (non-hydrogen) atoms. The second kappa shape index (κ2) is 6.49. The molecule has 1 aromatic heterocycles. The van der Waals surface area contributed by atoms with Crippen LogP contribution < -0.4 is 0 Å². The summed E-state index contributed by atoms with van der Waals surface area (Å²) in [6.45, 7) is 2.42. The summed E-state index contributed by atoms with van der Waals surface area (Å²) in [6, 6.07) is 4.51. The molecule has 0 bridgehead atoms. The van der Waals surface area contributed by atoms with E-state index in [4.69, 9.17) is 4.74 Å². The highest BCUT2D eigenvalue weighted by Gasteiger charge is 2.12. The Bertz CT molecular complexity index is 684. The number of aromatic nitrogens is 2. The van der Waals surface area contributed by atoms with E-state index < -0.39 is 10.9 Å². The Hall–Kier alpha value is -2.22. The number of nitro groups is 1. The summed E-state index contributed by atoms with van der Waals surface area (Å²) in [4.78, 5) is 21.8. The smallest absolute Gasteiger partial charge is 0.341 e. The molecule has 0 radical (unpaired) electrons. The minimum Gasteiger partial charge on any atom is -0.462 e. The molecule has 0 aliphatic heterocycles. The van der Waals surface area contributed by atoms with Gasteiger partial charge < -0.3 is 4.74 Å². The van der Waals surface area contributed by atoms with E-state index in [0.29, 0.717) is 23.2 Å². The van der Waals surface area contributed by atoms with Crippen LogP contribution in [-0.4, -0.2) is 27.3 Å². The normalized spacial score (nSPS) is 10.4. The third-order valence-electron chi connectivity index (χ3n) is 2.72. The fraction of sp³-hybridized carbons (Fsp3) is 0.231. The van der Waals surface area contributed by atoms with Crippen LogP contribution in [0.15, 0.2) is 35.1 Å². The van der Waals surface area contributed by atoms with E-state index in [2.05, 4.69) is 21.0 Å². The summed E-state index contributed by atoms with van der Waals surface area (Å²) >= 11 is 3.30. The van der Waals surface area contributed by atoms with Crippen molar-refractivity contribution in [3.63, 3.8) is 0 Å². The van der Waals surface area contributed by atoms with E-state index in [0.717, 1.165) is 5.56 Å². The summed E-state index contributed by atoms with van der Waals surface area (Å²) in [5.41, 5.74) is 1.20. The van der Waals surface area contributed by atoms with Crippen LogP contribution in [0.3, 0.4) is 0 Å². The maximum atomic E-state index is 11.5. The van der Waals surface area contributed by atoms with Crippen molar-refractivity contribution >= 4 is 27.6 Å². The molecule has 0 spiro atoms. The Morgan fingerprint density at radius 1 is 1.52 bits per heavy atom. The first kappa shape index (κ1) is 15.2. The maximum Gasteiger partial charge on any atom is 0.341 e. The van der Waals surface area contributed by atoms with Gasteiger partial charge in [-0.3, -0.25) is 14.8 Å². The number of halogens is 1. The minimum atomic E-state index is -0.457. The van der Waals surface area contributed by atoms with Crippen molar-refractivity contribution in [1.82, 2.24) is 9.78 Å².